The van der Waals surface area contributed by atoms with Gasteiger partial charge in [0.25, 0.3) is 0 Å². The Kier molecular flexibility index (Phi) is 1.63. The van der Waals surface area contributed by atoms with Crippen LogP contribution in [0.2, 0.25) is 0 Å². The Morgan fingerprint density at radius 3 is 2.91 bits per heavy atom. The van der Waals surface area contributed by atoms with Crippen molar-refractivity contribution < 1.29 is 0 Å². The molecule has 0 bridgehead atoms. The van der Waals surface area contributed by atoms with Crippen LogP contribution in [0.3, 0.4) is 0 Å². The first-order valence-electron chi connectivity index (χ1n) is 4.59. The maximum Gasteiger partial charge on any atom is 0.0414 e. The molecule has 0 heterocycles. The van der Waals surface area contributed by atoms with Gasteiger partial charge in [-0.15, -0.1) is 0 Å². The Morgan fingerprint density at radius 2 is 2.45 bits per heavy atom. The maximum atomic E-state index is 4.57. The fraction of sp³-hybridized carbons (Fsp3) is 0.889. The molecule has 0 radical (unpaired) electrons. The van der Waals surface area contributed by atoms with Gasteiger partial charge in [0.1, 0.15) is 0 Å². The first kappa shape index (κ1) is 7.14. The Hall–Kier alpha value is -0.530. The molecule has 2 aliphatic rings. The predicted molar refractivity (Wildman–Crippen MR) is 46.6 cm³/mol. The van der Waals surface area contributed by atoms with Gasteiger partial charge in [0, 0.05) is 25.2 Å². The van der Waals surface area contributed by atoms with Gasteiger partial charge in [-0.25, -0.2) is 0 Å². The molecular formula is C9H16N2. The zero-order valence-corrected chi connectivity index (χ0v) is 7.38. The van der Waals surface area contributed by atoms with E-state index in [9.17, 15) is 0 Å². The van der Waals surface area contributed by atoms with E-state index in [0.29, 0.717) is 0 Å². The SMILES string of the molecule is CCN(C)/N=C1/CC[C@H]2C[C@@H]12. The fourth-order valence-corrected chi connectivity index (χ4v) is 1.91. The Bertz CT molecular complexity index is 186. The third kappa shape index (κ3) is 1.26. The van der Waals surface area contributed by atoms with Crippen molar-refractivity contribution in [2.45, 2.75) is 26.2 Å². The van der Waals surface area contributed by atoms with Crippen molar-refractivity contribution in [1.82, 2.24) is 5.01 Å². The van der Waals surface area contributed by atoms with Crippen LogP contribution in [0.4, 0.5) is 0 Å². The molecule has 2 rings (SSSR count). The van der Waals surface area contributed by atoms with Crippen molar-refractivity contribution in [3.05, 3.63) is 0 Å². The fourth-order valence-electron chi connectivity index (χ4n) is 1.91. The Morgan fingerprint density at radius 1 is 1.64 bits per heavy atom. The van der Waals surface area contributed by atoms with Crippen molar-refractivity contribution >= 4 is 5.71 Å². The maximum absolute atomic E-state index is 4.57. The number of nitrogens with zero attached hydrogens (tertiary/aromatic N) is 2. The second kappa shape index (κ2) is 2.50. The summed E-state index contributed by atoms with van der Waals surface area (Å²) >= 11 is 0. The molecule has 0 aliphatic heterocycles. The standard InChI is InChI=1S/C9H16N2/c1-3-11(2)10-9-5-4-7-6-8(7)9/h7-8H,3-6H2,1-2H3/b10-9-/t7-,8+/m0/s1. The molecule has 2 atom stereocenters. The predicted octanol–water partition coefficient (Wildman–Crippen LogP) is 1.72. The molecule has 2 heteroatoms. The molecule has 0 amide bonds. The highest BCUT2D eigenvalue weighted by Crippen LogP contribution is 2.49. The Labute approximate surface area is 68.3 Å². The molecular weight excluding hydrogens is 136 g/mol. The van der Waals surface area contributed by atoms with E-state index < -0.39 is 0 Å². The Balaban J connectivity index is 1.98. The van der Waals surface area contributed by atoms with Crippen molar-refractivity contribution in [3.63, 3.8) is 0 Å². The van der Waals surface area contributed by atoms with Crippen molar-refractivity contribution in [2.24, 2.45) is 16.9 Å². The topological polar surface area (TPSA) is 15.6 Å². The lowest BCUT2D eigenvalue weighted by molar-refractivity contribution is 0.373. The zero-order chi connectivity index (χ0) is 7.84. The lowest BCUT2D eigenvalue weighted by Crippen LogP contribution is -2.13. The first-order chi connectivity index (χ1) is 5.31. The molecule has 11 heavy (non-hydrogen) atoms. The van der Waals surface area contributed by atoms with E-state index in [1.807, 2.05) is 0 Å². The lowest BCUT2D eigenvalue weighted by atomic mass is 10.2. The summed E-state index contributed by atoms with van der Waals surface area (Å²) in [5, 5.41) is 6.62. The zero-order valence-electron chi connectivity index (χ0n) is 7.38. The molecule has 2 aliphatic carbocycles. The minimum absolute atomic E-state index is 0.893. The summed E-state index contributed by atoms with van der Waals surface area (Å²) in [5.41, 5.74) is 1.47. The molecule has 0 saturated heterocycles. The molecule has 2 nitrogen and oxygen atoms in total. The van der Waals surface area contributed by atoms with Gasteiger partial charge >= 0.3 is 0 Å². The van der Waals surface area contributed by atoms with E-state index in [-0.39, 0.29) is 0 Å². The van der Waals surface area contributed by atoms with Crippen LogP contribution >= 0.6 is 0 Å². The highest BCUT2D eigenvalue weighted by Gasteiger charge is 2.45. The number of rotatable bonds is 2. The number of fused-ring (bicyclic) bond motifs is 1. The van der Waals surface area contributed by atoms with Gasteiger partial charge in [-0.2, -0.15) is 5.10 Å². The molecule has 0 aromatic carbocycles. The summed E-state index contributed by atoms with van der Waals surface area (Å²) in [6, 6.07) is 0. The van der Waals surface area contributed by atoms with E-state index in [2.05, 4.69) is 24.1 Å². The van der Waals surface area contributed by atoms with Gasteiger partial charge in [-0.3, -0.25) is 0 Å². The van der Waals surface area contributed by atoms with Crippen LogP contribution in [0.15, 0.2) is 5.10 Å². The molecule has 0 aromatic rings. The summed E-state index contributed by atoms with van der Waals surface area (Å²) in [6.07, 6.45) is 4.09. The summed E-state index contributed by atoms with van der Waals surface area (Å²) < 4.78 is 0. The molecule has 2 fully saturated rings. The van der Waals surface area contributed by atoms with Gasteiger partial charge in [-0.1, -0.05) is 0 Å². The number of hydrogen-bond donors (Lipinski definition) is 0. The van der Waals surface area contributed by atoms with E-state index in [1.165, 1.54) is 25.0 Å². The average Bonchev–Trinajstić information content (AvgIpc) is 2.70. The largest absolute Gasteiger partial charge is 0.300 e. The van der Waals surface area contributed by atoms with Crippen LogP contribution < -0.4 is 0 Å². The van der Waals surface area contributed by atoms with Crippen LogP contribution in [-0.2, 0) is 0 Å². The minimum Gasteiger partial charge on any atom is -0.300 e. The quantitative estimate of drug-likeness (QED) is 0.550. The minimum atomic E-state index is 0.893. The van der Waals surface area contributed by atoms with Gasteiger partial charge in [0.05, 0.1) is 0 Å². The van der Waals surface area contributed by atoms with E-state index in [0.717, 1.165) is 18.4 Å². The monoisotopic (exact) mass is 152 g/mol. The molecule has 0 spiro atoms. The summed E-state index contributed by atoms with van der Waals surface area (Å²) in [5.74, 6) is 1.92. The molecule has 62 valence electrons. The number of hydrogen-bond acceptors (Lipinski definition) is 2. The summed E-state index contributed by atoms with van der Waals surface area (Å²) in [4.78, 5) is 0. The van der Waals surface area contributed by atoms with Crippen LogP contribution in [0.25, 0.3) is 0 Å². The second-order valence-electron chi connectivity index (χ2n) is 3.71. The van der Waals surface area contributed by atoms with E-state index in [1.54, 1.807) is 0 Å². The summed E-state index contributed by atoms with van der Waals surface area (Å²) in [6.45, 7) is 3.17. The lowest BCUT2D eigenvalue weighted by Gasteiger charge is -2.10. The van der Waals surface area contributed by atoms with Crippen LogP contribution in [-0.4, -0.2) is 24.3 Å². The van der Waals surface area contributed by atoms with Gasteiger partial charge < -0.3 is 5.01 Å². The van der Waals surface area contributed by atoms with Crippen LogP contribution in [0, 0.1) is 11.8 Å². The normalized spacial score (nSPS) is 37.5. The third-order valence-corrected chi connectivity index (χ3v) is 2.88. The molecule has 0 unspecified atom stereocenters. The molecule has 0 aromatic heterocycles. The van der Waals surface area contributed by atoms with Crippen molar-refractivity contribution in [1.29, 1.82) is 0 Å². The number of hydrazone groups is 1. The van der Waals surface area contributed by atoms with Crippen LogP contribution in [0.1, 0.15) is 26.2 Å². The summed E-state index contributed by atoms with van der Waals surface area (Å²) in [7, 11) is 2.06. The highest BCUT2D eigenvalue weighted by atomic mass is 15.4. The van der Waals surface area contributed by atoms with Crippen molar-refractivity contribution in [3.8, 4) is 0 Å². The molecule has 2 saturated carbocycles. The molecule has 0 N–H and O–H groups in total. The highest BCUT2D eigenvalue weighted by molar-refractivity contribution is 5.91. The second-order valence-corrected chi connectivity index (χ2v) is 3.71. The third-order valence-electron chi connectivity index (χ3n) is 2.88. The van der Waals surface area contributed by atoms with Gasteiger partial charge in [0.2, 0.25) is 0 Å². The van der Waals surface area contributed by atoms with Gasteiger partial charge in [-0.05, 0) is 32.1 Å². The van der Waals surface area contributed by atoms with Crippen LogP contribution in [0.5, 0.6) is 0 Å². The smallest absolute Gasteiger partial charge is 0.0414 e. The van der Waals surface area contributed by atoms with E-state index >= 15 is 0 Å². The van der Waals surface area contributed by atoms with Crippen molar-refractivity contribution in [2.75, 3.05) is 13.6 Å². The average molecular weight is 152 g/mol. The van der Waals surface area contributed by atoms with Gasteiger partial charge in [0.15, 0.2) is 0 Å². The van der Waals surface area contributed by atoms with E-state index in [4.69, 9.17) is 0 Å². The first-order valence-corrected chi connectivity index (χ1v) is 4.59.